The number of hydroxylamine groups is 1. The molecule has 9 heteroatoms. The molecule has 0 N–H and O–H groups in total. The molecule has 0 unspecified atom stereocenters. The van der Waals surface area contributed by atoms with Gasteiger partial charge in [0.2, 0.25) is 0 Å². The van der Waals surface area contributed by atoms with Crippen LogP contribution >= 0.6 is 0 Å². The molecule has 28 heavy (non-hydrogen) atoms. The van der Waals surface area contributed by atoms with Gasteiger partial charge in [0.1, 0.15) is 5.82 Å². The van der Waals surface area contributed by atoms with Crippen LogP contribution in [0.2, 0.25) is 0 Å². The lowest BCUT2D eigenvalue weighted by atomic mass is 10.1. The fourth-order valence-electron chi connectivity index (χ4n) is 3.04. The molecule has 2 aromatic rings. The smallest absolute Gasteiger partial charge is 0.264 e. The van der Waals surface area contributed by atoms with E-state index in [4.69, 9.17) is 4.84 Å². The summed E-state index contributed by atoms with van der Waals surface area (Å²) in [5.74, 6) is -0.512. The van der Waals surface area contributed by atoms with Gasteiger partial charge in [-0.3, -0.25) is 9.63 Å². The molecule has 3 rings (SSSR count). The third-order valence-corrected chi connectivity index (χ3v) is 6.41. The SMILES string of the molecule is CON(C)S(=O)(=O)c1cccc(C(=O)N2CCN(c3ccc(F)cc3)CC2)c1. The monoisotopic (exact) mass is 407 g/mol. The fraction of sp³-hybridized carbons (Fsp3) is 0.316. The Bertz CT molecular complexity index is 942. The predicted molar refractivity (Wildman–Crippen MR) is 103 cm³/mol. The van der Waals surface area contributed by atoms with Gasteiger partial charge in [0.25, 0.3) is 15.9 Å². The molecular formula is C19H22FN3O4S. The number of rotatable bonds is 5. The van der Waals surface area contributed by atoms with Gasteiger partial charge < -0.3 is 9.80 Å². The highest BCUT2D eigenvalue weighted by Crippen LogP contribution is 2.20. The Kier molecular flexibility index (Phi) is 5.97. The second-order valence-corrected chi connectivity index (χ2v) is 8.32. The van der Waals surface area contributed by atoms with Crippen LogP contribution in [-0.4, -0.2) is 64.0 Å². The summed E-state index contributed by atoms with van der Waals surface area (Å²) in [6, 6.07) is 12.2. The predicted octanol–water partition coefficient (Wildman–Crippen LogP) is 1.97. The number of piperazine rings is 1. The van der Waals surface area contributed by atoms with Gasteiger partial charge in [0, 0.05) is 44.5 Å². The number of benzene rings is 2. The van der Waals surface area contributed by atoms with Crippen LogP contribution < -0.4 is 4.90 Å². The number of carbonyl (C=O) groups excluding carboxylic acids is 1. The van der Waals surface area contributed by atoms with Gasteiger partial charge in [-0.15, -0.1) is 0 Å². The van der Waals surface area contributed by atoms with Crippen molar-refractivity contribution in [3.63, 3.8) is 0 Å². The van der Waals surface area contributed by atoms with Crippen LogP contribution in [0.25, 0.3) is 0 Å². The number of carbonyl (C=O) groups is 1. The van der Waals surface area contributed by atoms with Gasteiger partial charge in [0.15, 0.2) is 0 Å². The summed E-state index contributed by atoms with van der Waals surface area (Å²) in [5.41, 5.74) is 1.21. The molecule has 1 amide bonds. The lowest BCUT2D eigenvalue weighted by Crippen LogP contribution is -2.48. The summed E-state index contributed by atoms with van der Waals surface area (Å²) >= 11 is 0. The van der Waals surface area contributed by atoms with Crippen molar-refractivity contribution in [1.29, 1.82) is 0 Å². The van der Waals surface area contributed by atoms with Gasteiger partial charge >= 0.3 is 0 Å². The molecule has 0 aromatic heterocycles. The van der Waals surface area contributed by atoms with Crippen molar-refractivity contribution in [1.82, 2.24) is 9.37 Å². The molecule has 1 aliphatic heterocycles. The van der Waals surface area contributed by atoms with Crippen molar-refractivity contribution in [3.8, 4) is 0 Å². The lowest BCUT2D eigenvalue weighted by Gasteiger charge is -2.36. The second kappa shape index (κ2) is 8.26. The van der Waals surface area contributed by atoms with Crippen LogP contribution in [0.15, 0.2) is 53.4 Å². The van der Waals surface area contributed by atoms with Crippen molar-refractivity contribution in [2.45, 2.75) is 4.90 Å². The Morgan fingerprint density at radius 3 is 2.32 bits per heavy atom. The van der Waals surface area contributed by atoms with Crippen molar-refractivity contribution in [3.05, 3.63) is 59.9 Å². The second-order valence-electron chi connectivity index (χ2n) is 6.38. The minimum Gasteiger partial charge on any atom is -0.368 e. The number of amides is 1. The van der Waals surface area contributed by atoms with Gasteiger partial charge in [-0.25, -0.2) is 12.8 Å². The van der Waals surface area contributed by atoms with E-state index < -0.39 is 10.0 Å². The normalized spacial score (nSPS) is 15.1. The maximum Gasteiger partial charge on any atom is 0.264 e. The molecule has 1 heterocycles. The van der Waals surface area contributed by atoms with Crippen molar-refractivity contribution < 1.29 is 22.4 Å². The number of sulfonamides is 1. The highest BCUT2D eigenvalue weighted by Gasteiger charge is 2.25. The van der Waals surface area contributed by atoms with Crippen LogP contribution in [0, 0.1) is 5.82 Å². The number of anilines is 1. The van der Waals surface area contributed by atoms with E-state index in [0.29, 0.717) is 31.7 Å². The minimum atomic E-state index is -3.82. The molecule has 2 aromatic carbocycles. The highest BCUT2D eigenvalue weighted by molar-refractivity contribution is 7.89. The first kappa shape index (κ1) is 20.2. The zero-order valence-electron chi connectivity index (χ0n) is 15.7. The molecule has 1 fully saturated rings. The summed E-state index contributed by atoms with van der Waals surface area (Å²) in [6.07, 6.45) is 0. The standard InChI is InChI=1S/C19H22FN3O4S/c1-21(27-2)28(25,26)18-5-3-4-15(14-18)19(24)23-12-10-22(11-13-23)17-8-6-16(20)7-9-17/h3-9,14H,10-13H2,1-2H3. The molecule has 0 radical (unpaired) electrons. The van der Waals surface area contributed by atoms with Crippen LogP contribution in [0.1, 0.15) is 10.4 Å². The van der Waals surface area contributed by atoms with Crippen LogP contribution in [0.4, 0.5) is 10.1 Å². The molecule has 0 saturated carbocycles. The van der Waals surface area contributed by atoms with Gasteiger partial charge in [-0.1, -0.05) is 10.5 Å². The molecule has 0 atom stereocenters. The van der Waals surface area contributed by atoms with Crippen molar-refractivity contribution in [2.24, 2.45) is 0 Å². The molecular weight excluding hydrogens is 385 g/mol. The molecule has 0 spiro atoms. The summed E-state index contributed by atoms with van der Waals surface area (Å²) in [4.78, 5) is 21.4. The Morgan fingerprint density at radius 2 is 1.71 bits per heavy atom. The molecule has 0 bridgehead atoms. The number of hydrogen-bond acceptors (Lipinski definition) is 5. The minimum absolute atomic E-state index is 0.00681. The molecule has 1 aliphatic rings. The molecule has 7 nitrogen and oxygen atoms in total. The Labute approximate surface area is 163 Å². The Balaban J connectivity index is 1.70. The maximum atomic E-state index is 13.1. The summed E-state index contributed by atoms with van der Waals surface area (Å²) in [6.45, 7) is 2.21. The largest absolute Gasteiger partial charge is 0.368 e. The van der Waals surface area contributed by atoms with E-state index in [0.717, 1.165) is 10.2 Å². The number of hydrogen-bond donors (Lipinski definition) is 0. The van der Waals surface area contributed by atoms with E-state index in [9.17, 15) is 17.6 Å². The van der Waals surface area contributed by atoms with Crippen LogP contribution in [-0.2, 0) is 14.9 Å². The van der Waals surface area contributed by atoms with Crippen molar-refractivity contribution in [2.75, 3.05) is 45.2 Å². The van der Waals surface area contributed by atoms with E-state index >= 15 is 0 Å². The van der Waals surface area contributed by atoms with Gasteiger partial charge in [0.05, 0.1) is 12.0 Å². The van der Waals surface area contributed by atoms with Gasteiger partial charge in [-0.2, -0.15) is 0 Å². The average molecular weight is 407 g/mol. The third kappa shape index (κ3) is 4.16. The van der Waals surface area contributed by atoms with Crippen LogP contribution in [0.5, 0.6) is 0 Å². The first-order valence-electron chi connectivity index (χ1n) is 8.76. The van der Waals surface area contributed by atoms with E-state index in [1.165, 1.54) is 38.4 Å². The zero-order chi connectivity index (χ0) is 20.3. The quantitative estimate of drug-likeness (QED) is 0.709. The first-order valence-corrected chi connectivity index (χ1v) is 10.2. The molecule has 0 aliphatic carbocycles. The number of nitrogens with zero attached hydrogens (tertiary/aromatic N) is 3. The first-order chi connectivity index (χ1) is 13.3. The summed E-state index contributed by atoms with van der Waals surface area (Å²) in [5, 5.41) is 0. The lowest BCUT2D eigenvalue weighted by molar-refractivity contribution is -0.0258. The average Bonchev–Trinajstić information content (AvgIpc) is 2.73. The Hall–Kier alpha value is -2.49. The number of halogens is 1. The summed E-state index contributed by atoms with van der Waals surface area (Å²) in [7, 11) is -1.28. The molecule has 1 saturated heterocycles. The van der Waals surface area contributed by atoms with E-state index in [1.54, 1.807) is 29.2 Å². The highest BCUT2D eigenvalue weighted by atomic mass is 32.2. The Morgan fingerprint density at radius 1 is 1.07 bits per heavy atom. The van der Waals surface area contributed by atoms with E-state index in [1.807, 2.05) is 0 Å². The van der Waals surface area contributed by atoms with E-state index in [2.05, 4.69) is 4.90 Å². The summed E-state index contributed by atoms with van der Waals surface area (Å²) < 4.78 is 38.6. The fourth-order valence-corrected chi connectivity index (χ4v) is 4.06. The van der Waals surface area contributed by atoms with E-state index in [-0.39, 0.29) is 16.6 Å². The van der Waals surface area contributed by atoms with Crippen molar-refractivity contribution >= 4 is 21.6 Å². The topological polar surface area (TPSA) is 70.2 Å². The third-order valence-electron chi connectivity index (χ3n) is 4.73. The zero-order valence-corrected chi connectivity index (χ0v) is 16.5. The van der Waals surface area contributed by atoms with Gasteiger partial charge in [-0.05, 0) is 42.5 Å². The molecule has 150 valence electrons. The maximum absolute atomic E-state index is 13.1. The van der Waals surface area contributed by atoms with Crippen LogP contribution in [0.3, 0.4) is 0 Å².